The minimum absolute atomic E-state index is 0.642. The lowest BCUT2D eigenvalue weighted by atomic mass is 10.2. The van der Waals surface area contributed by atoms with Gasteiger partial charge in [-0.3, -0.25) is 0 Å². The third-order valence-electron chi connectivity index (χ3n) is 2.61. The Bertz CT molecular complexity index is 528. The summed E-state index contributed by atoms with van der Waals surface area (Å²) in [5.74, 6) is 0.806. The van der Waals surface area contributed by atoms with Crippen molar-refractivity contribution >= 4 is 39.9 Å². The first kappa shape index (κ1) is 13.5. The fourth-order valence-electron chi connectivity index (χ4n) is 1.66. The molecule has 0 atom stereocenters. The number of methoxy groups -OCH3 is 1. The van der Waals surface area contributed by atoms with Crippen molar-refractivity contribution in [3.05, 3.63) is 56.6 Å². The van der Waals surface area contributed by atoms with Gasteiger partial charge in [-0.1, -0.05) is 17.7 Å². The molecule has 2 rings (SSSR count). The third-order valence-corrected chi connectivity index (χ3v) is 3.68. The Hall–Kier alpha value is -0.940. The Morgan fingerprint density at radius 3 is 2.56 bits per heavy atom. The first-order valence-corrected chi connectivity index (χ1v) is 6.97. The number of ether oxygens (including phenoxy) is 1. The molecule has 0 aliphatic heterocycles. The molecule has 0 heterocycles. The van der Waals surface area contributed by atoms with Gasteiger partial charge in [-0.05, 0) is 59.0 Å². The van der Waals surface area contributed by atoms with Crippen LogP contribution in [0.1, 0.15) is 5.56 Å². The van der Waals surface area contributed by atoms with Crippen molar-refractivity contribution in [3.63, 3.8) is 0 Å². The van der Waals surface area contributed by atoms with E-state index in [0.29, 0.717) is 11.6 Å². The van der Waals surface area contributed by atoms with Gasteiger partial charge in [-0.15, -0.1) is 0 Å². The molecule has 94 valence electrons. The van der Waals surface area contributed by atoms with Crippen LogP contribution in [0, 0.1) is 3.57 Å². The summed E-state index contributed by atoms with van der Waals surface area (Å²) in [5, 5.41) is 4.05. The van der Waals surface area contributed by atoms with Crippen molar-refractivity contribution in [3.8, 4) is 5.75 Å². The van der Waals surface area contributed by atoms with Gasteiger partial charge in [0.15, 0.2) is 0 Å². The van der Waals surface area contributed by atoms with E-state index in [2.05, 4.69) is 40.0 Å². The summed E-state index contributed by atoms with van der Waals surface area (Å²) in [5.41, 5.74) is 2.04. The summed E-state index contributed by atoms with van der Waals surface area (Å²) in [6, 6.07) is 13.9. The molecule has 0 saturated heterocycles. The highest BCUT2D eigenvalue weighted by Gasteiger charge is 2.06. The summed E-state index contributed by atoms with van der Waals surface area (Å²) in [6.45, 7) is 0.642. The molecule has 0 saturated carbocycles. The lowest BCUT2D eigenvalue weighted by molar-refractivity contribution is 0.410. The van der Waals surface area contributed by atoms with Gasteiger partial charge >= 0.3 is 0 Å². The van der Waals surface area contributed by atoms with Gasteiger partial charge in [0.25, 0.3) is 0 Å². The molecule has 0 fully saturated rings. The van der Waals surface area contributed by atoms with E-state index in [9.17, 15) is 0 Å². The van der Waals surface area contributed by atoms with Crippen LogP contribution in [0.5, 0.6) is 5.75 Å². The number of hydrogen-bond acceptors (Lipinski definition) is 2. The molecule has 0 aliphatic carbocycles. The van der Waals surface area contributed by atoms with Gasteiger partial charge in [0, 0.05) is 26.4 Å². The minimum atomic E-state index is 0.642. The summed E-state index contributed by atoms with van der Waals surface area (Å²) in [7, 11) is 1.65. The molecule has 0 bridgehead atoms. The zero-order valence-electron chi connectivity index (χ0n) is 9.91. The van der Waals surface area contributed by atoms with Crippen LogP contribution in [0.3, 0.4) is 0 Å². The highest BCUT2D eigenvalue weighted by Crippen LogP contribution is 2.27. The van der Waals surface area contributed by atoms with E-state index < -0.39 is 0 Å². The third kappa shape index (κ3) is 3.29. The van der Waals surface area contributed by atoms with E-state index in [-0.39, 0.29) is 0 Å². The van der Waals surface area contributed by atoms with E-state index in [1.54, 1.807) is 7.11 Å². The van der Waals surface area contributed by atoms with Crippen LogP contribution in [0.25, 0.3) is 0 Å². The number of hydrogen-bond donors (Lipinski definition) is 1. The predicted octanol–water partition coefficient (Wildman–Crippen LogP) is 4.57. The van der Waals surface area contributed by atoms with Gasteiger partial charge < -0.3 is 10.1 Å². The molecule has 0 aromatic heterocycles. The van der Waals surface area contributed by atoms with Crippen molar-refractivity contribution in [1.82, 2.24) is 0 Å². The SMILES string of the molecule is COc1cccc(Cl)c1CNc1ccc(I)cc1. The van der Waals surface area contributed by atoms with Crippen molar-refractivity contribution < 1.29 is 4.74 Å². The second-order valence-corrected chi connectivity index (χ2v) is 5.43. The first-order valence-electron chi connectivity index (χ1n) is 5.51. The Labute approximate surface area is 125 Å². The number of halogens is 2. The van der Waals surface area contributed by atoms with Crippen LogP contribution in [0.15, 0.2) is 42.5 Å². The molecule has 1 N–H and O–H groups in total. The molecule has 2 aromatic carbocycles. The van der Waals surface area contributed by atoms with Gasteiger partial charge in [-0.2, -0.15) is 0 Å². The van der Waals surface area contributed by atoms with Gasteiger partial charge in [-0.25, -0.2) is 0 Å². The molecule has 0 spiro atoms. The van der Waals surface area contributed by atoms with Crippen LogP contribution in [-0.2, 0) is 6.54 Å². The predicted molar refractivity (Wildman–Crippen MR) is 84.5 cm³/mol. The normalized spacial score (nSPS) is 10.2. The van der Waals surface area contributed by atoms with Gasteiger partial charge in [0.1, 0.15) is 5.75 Å². The monoisotopic (exact) mass is 373 g/mol. The molecular weight excluding hydrogens is 361 g/mol. The van der Waals surface area contributed by atoms with Crippen molar-refractivity contribution in [2.75, 3.05) is 12.4 Å². The largest absolute Gasteiger partial charge is 0.496 e. The molecule has 4 heteroatoms. The van der Waals surface area contributed by atoms with Gasteiger partial charge in [0.05, 0.1) is 7.11 Å². The van der Waals surface area contributed by atoms with Crippen molar-refractivity contribution in [2.45, 2.75) is 6.54 Å². The van der Waals surface area contributed by atoms with E-state index in [0.717, 1.165) is 17.0 Å². The Morgan fingerprint density at radius 1 is 1.17 bits per heavy atom. The first-order chi connectivity index (χ1) is 8.70. The fourth-order valence-corrected chi connectivity index (χ4v) is 2.25. The zero-order chi connectivity index (χ0) is 13.0. The van der Waals surface area contributed by atoms with E-state index >= 15 is 0 Å². The van der Waals surface area contributed by atoms with Crippen molar-refractivity contribution in [1.29, 1.82) is 0 Å². The maximum Gasteiger partial charge on any atom is 0.125 e. The lowest BCUT2D eigenvalue weighted by Crippen LogP contribution is -2.02. The zero-order valence-corrected chi connectivity index (χ0v) is 12.8. The second-order valence-electron chi connectivity index (χ2n) is 3.78. The number of nitrogens with one attached hydrogen (secondary N) is 1. The number of rotatable bonds is 4. The summed E-state index contributed by atoms with van der Waals surface area (Å²) < 4.78 is 6.52. The Balaban J connectivity index is 2.12. The Morgan fingerprint density at radius 2 is 1.89 bits per heavy atom. The molecule has 0 unspecified atom stereocenters. The standard InChI is InChI=1S/C14H13ClINO/c1-18-14-4-2-3-13(15)12(14)9-17-11-7-5-10(16)6-8-11/h2-8,17H,9H2,1H3. The van der Waals surface area contributed by atoms with E-state index in [4.69, 9.17) is 16.3 Å². The number of anilines is 1. The molecule has 18 heavy (non-hydrogen) atoms. The highest BCUT2D eigenvalue weighted by molar-refractivity contribution is 14.1. The Kier molecular flexibility index (Phi) is 4.72. The van der Waals surface area contributed by atoms with Crippen molar-refractivity contribution in [2.24, 2.45) is 0 Å². The summed E-state index contributed by atoms with van der Waals surface area (Å²) in [6.07, 6.45) is 0. The van der Waals surface area contributed by atoms with Crippen LogP contribution in [0.4, 0.5) is 5.69 Å². The fraction of sp³-hybridized carbons (Fsp3) is 0.143. The minimum Gasteiger partial charge on any atom is -0.496 e. The average molecular weight is 374 g/mol. The van der Waals surface area contributed by atoms with Gasteiger partial charge in [0.2, 0.25) is 0 Å². The molecule has 0 amide bonds. The van der Waals surface area contributed by atoms with Crippen LogP contribution in [0.2, 0.25) is 5.02 Å². The maximum absolute atomic E-state index is 6.18. The number of benzene rings is 2. The molecular formula is C14H13ClINO. The van der Waals surface area contributed by atoms with E-state index in [1.165, 1.54) is 3.57 Å². The molecule has 2 nitrogen and oxygen atoms in total. The summed E-state index contributed by atoms with van der Waals surface area (Å²) in [4.78, 5) is 0. The summed E-state index contributed by atoms with van der Waals surface area (Å²) >= 11 is 8.46. The lowest BCUT2D eigenvalue weighted by Gasteiger charge is -2.12. The molecule has 0 aliphatic rings. The maximum atomic E-state index is 6.18. The molecule has 0 radical (unpaired) electrons. The molecule has 2 aromatic rings. The van der Waals surface area contributed by atoms with Crippen LogP contribution < -0.4 is 10.1 Å². The smallest absolute Gasteiger partial charge is 0.125 e. The topological polar surface area (TPSA) is 21.3 Å². The van der Waals surface area contributed by atoms with Crippen LogP contribution in [-0.4, -0.2) is 7.11 Å². The average Bonchev–Trinajstić information content (AvgIpc) is 2.39. The van der Waals surface area contributed by atoms with E-state index in [1.807, 2.05) is 30.3 Å². The highest BCUT2D eigenvalue weighted by atomic mass is 127. The second kappa shape index (κ2) is 6.29. The van der Waals surface area contributed by atoms with Crippen LogP contribution >= 0.6 is 34.2 Å². The quantitative estimate of drug-likeness (QED) is 0.793.